The third-order valence-corrected chi connectivity index (χ3v) is 2.67. The summed E-state index contributed by atoms with van der Waals surface area (Å²) in [5.41, 5.74) is 0.0340. The van der Waals surface area contributed by atoms with Crippen LogP contribution in [0.1, 0.15) is 6.92 Å². The van der Waals surface area contributed by atoms with Gasteiger partial charge >= 0.3 is 5.69 Å². The number of benzene rings is 2. The number of hydrogen-bond acceptors (Lipinski definition) is 4. The van der Waals surface area contributed by atoms with Gasteiger partial charge in [-0.2, -0.15) is 0 Å². The van der Waals surface area contributed by atoms with Crippen LogP contribution < -0.4 is 10.1 Å². The number of ether oxygens (including phenoxy) is 1. The third-order valence-electron chi connectivity index (χ3n) is 2.67. The van der Waals surface area contributed by atoms with Crippen LogP contribution >= 0.6 is 0 Å². The molecule has 0 bridgehead atoms. The van der Waals surface area contributed by atoms with Gasteiger partial charge in [-0.25, -0.2) is 8.78 Å². The Morgan fingerprint density at radius 2 is 2.00 bits per heavy atom. The van der Waals surface area contributed by atoms with E-state index in [1.54, 1.807) is 19.1 Å². The summed E-state index contributed by atoms with van der Waals surface area (Å²) < 4.78 is 31.3. The van der Waals surface area contributed by atoms with Crippen molar-refractivity contribution in [2.45, 2.75) is 6.92 Å². The highest BCUT2D eigenvalue weighted by Gasteiger charge is 2.21. The Labute approximate surface area is 119 Å². The number of nitrogens with zero attached hydrogens (tertiary/aromatic N) is 1. The maximum Gasteiger partial charge on any atom is 0.334 e. The van der Waals surface area contributed by atoms with Crippen LogP contribution in [0.4, 0.5) is 20.2 Å². The van der Waals surface area contributed by atoms with Gasteiger partial charge in [0.05, 0.1) is 4.92 Å². The van der Waals surface area contributed by atoms with E-state index in [9.17, 15) is 18.9 Å². The molecule has 2 aromatic carbocycles. The molecule has 110 valence electrons. The van der Waals surface area contributed by atoms with E-state index in [1.165, 1.54) is 12.1 Å². The van der Waals surface area contributed by atoms with E-state index >= 15 is 0 Å². The number of halogens is 2. The molecule has 0 unspecified atom stereocenters. The smallest absolute Gasteiger partial charge is 0.334 e. The summed E-state index contributed by atoms with van der Waals surface area (Å²) in [5, 5.41) is 14.0. The van der Waals surface area contributed by atoms with Crippen molar-refractivity contribution in [3.05, 3.63) is 58.1 Å². The summed E-state index contributed by atoms with van der Waals surface area (Å²) in [6, 6.07) is 7.42. The van der Waals surface area contributed by atoms with Crippen molar-refractivity contribution in [2.75, 3.05) is 11.9 Å². The molecule has 0 radical (unpaired) electrons. The average Bonchev–Trinajstić information content (AvgIpc) is 2.43. The Kier molecular flexibility index (Phi) is 4.32. The summed E-state index contributed by atoms with van der Waals surface area (Å²) in [5.74, 6) is -2.17. The van der Waals surface area contributed by atoms with Crippen LogP contribution in [0.3, 0.4) is 0 Å². The zero-order valence-corrected chi connectivity index (χ0v) is 11.1. The molecule has 0 heterocycles. The first-order chi connectivity index (χ1) is 10.0. The van der Waals surface area contributed by atoms with Crippen LogP contribution in [-0.2, 0) is 0 Å². The molecule has 0 saturated heterocycles. The van der Waals surface area contributed by atoms with Crippen LogP contribution in [-0.4, -0.2) is 11.5 Å². The highest BCUT2D eigenvalue weighted by atomic mass is 19.2. The van der Waals surface area contributed by atoms with Crippen molar-refractivity contribution in [3.8, 4) is 11.5 Å². The van der Waals surface area contributed by atoms with E-state index in [2.05, 4.69) is 5.32 Å². The fourth-order valence-corrected chi connectivity index (χ4v) is 1.79. The number of nitro groups is 1. The monoisotopic (exact) mass is 294 g/mol. The minimum Gasteiger partial charge on any atom is -0.450 e. The van der Waals surface area contributed by atoms with E-state index < -0.39 is 16.6 Å². The Balaban J connectivity index is 2.41. The minimum absolute atomic E-state index is 0.0225. The first-order valence-corrected chi connectivity index (χ1v) is 6.17. The Hall–Kier alpha value is -2.70. The molecule has 0 spiro atoms. The molecule has 0 atom stereocenters. The molecule has 5 nitrogen and oxygen atoms in total. The van der Waals surface area contributed by atoms with Crippen molar-refractivity contribution < 1.29 is 18.4 Å². The van der Waals surface area contributed by atoms with Crippen molar-refractivity contribution in [1.29, 1.82) is 0 Å². The number of hydrogen-bond donors (Lipinski definition) is 1. The van der Waals surface area contributed by atoms with Crippen molar-refractivity contribution in [3.63, 3.8) is 0 Å². The zero-order valence-electron chi connectivity index (χ0n) is 11.1. The molecule has 2 aromatic rings. The quantitative estimate of drug-likeness (QED) is 0.666. The lowest BCUT2D eigenvalue weighted by Crippen LogP contribution is -2.02. The molecule has 0 fully saturated rings. The van der Waals surface area contributed by atoms with Gasteiger partial charge in [0.1, 0.15) is 11.4 Å². The molecule has 0 saturated carbocycles. The van der Waals surface area contributed by atoms with E-state index in [-0.39, 0.29) is 17.2 Å². The fourth-order valence-electron chi connectivity index (χ4n) is 1.79. The Bertz CT molecular complexity index is 677. The van der Waals surface area contributed by atoms with Crippen molar-refractivity contribution >= 4 is 11.4 Å². The van der Waals surface area contributed by atoms with Gasteiger partial charge in [-0.3, -0.25) is 10.1 Å². The molecule has 0 amide bonds. The van der Waals surface area contributed by atoms with Crippen LogP contribution in [0.2, 0.25) is 0 Å². The normalized spacial score (nSPS) is 10.2. The predicted molar refractivity (Wildman–Crippen MR) is 73.7 cm³/mol. The first-order valence-electron chi connectivity index (χ1n) is 6.17. The van der Waals surface area contributed by atoms with Crippen LogP contribution in [0, 0.1) is 21.7 Å². The Morgan fingerprint density at radius 1 is 1.24 bits per heavy atom. The molecule has 0 aliphatic heterocycles. The van der Waals surface area contributed by atoms with Gasteiger partial charge in [-0.15, -0.1) is 0 Å². The first kappa shape index (κ1) is 14.7. The maximum atomic E-state index is 13.1. The topological polar surface area (TPSA) is 64.4 Å². The lowest BCUT2D eigenvalue weighted by atomic mass is 10.2. The number of nitrogens with one attached hydrogen (secondary N) is 1. The SMILES string of the molecule is CCNc1cccc(Oc2ccc(F)c(F)c2)c1[N+](=O)[O-]. The van der Waals surface area contributed by atoms with Gasteiger partial charge in [-0.05, 0) is 31.2 Å². The molecule has 0 aromatic heterocycles. The molecule has 0 aliphatic rings. The van der Waals surface area contributed by atoms with Crippen LogP contribution in [0.15, 0.2) is 36.4 Å². The van der Waals surface area contributed by atoms with Gasteiger partial charge in [-0.1, -0.05) is 6.07 Å². The number of anilines is 1. The van der Waals surface area contributed by atoms with Crippen molar-refractivity contribution in [2.24, 2.45) is 0 Å². The van der Waals surface area contributed by atoms with Crippen molar-refractivity contribution in [1.82, 2.24) is 0 Å². The van der Waals surface area contributed by atoms with Gasteiger partial charge < -0.3 is 10.1 Å². The summed E-state index contributed by atoms with van der Waals surface area (Å²) in [4.78, 5) is 10.6. The van der Waals surface area contributed by atoms with Crippen LogP contribution in [0.25, 0.3) is 0 Å². The molecule has 0 aliphatic carbocycles. The highest BCUT2D eigenvalue weighted by Crippen LogP contribution is 2.37. The second kappa shape index (κ2) is 6.17. The van der Waals surface area contributed by atoms with Gasteiger partial charge in [0, 0.05) is 12.6 Å². The molecule has 7 heteroatoms. The Morgan fingerprint density at radius 3 is 2.62 bits per heavy atom. The van der Waals surface area contributed by atoms with Gasteiger partial charge in [0.25, 0.3) is 0 Å². The van der Waals surface area contributed by atoms with E-state index in [1.807, 2.05) is 0 Å². The average molecular weight is 294 g/mol. The second-order valence-electron chi connectivity index (χ2n) is 4.12. The summed E-state index contributed by atoms with van der Waals surface area (Å²) in [6.07, 6.45) is 0. The lowest BCUT2D eigenvalue weighted by Gasteiger charge is -2.10. The molecular formula is C14H12F2N2O3. The van der Waals surface area contributed by atoms with Crippen LogP contribution in [0.5, 0.6) is 11.5 Å². The molecular weight excluding hydrogens is 282 g/mol. The third kappa shape index (κ3) is 3.25. The second-order valence-corrected chi connectivity index (χ2v) is 4.12. The fraction of sp³-hybridized carbons (Fsp3) is 0.143. The zero-order chi connectivity index (χ0) is 15.4. The largest absolute Gasteiger partial charge is 0.450 e. The standard InChI is InChI=1S/C14H12F2N2O3/c1-2-17-12-4-3-5-13(14(12)18(19)20)21-9-6-7-10(15)11(16)8-9/h3-8,17H,2H2,1H3. The van der Waals surface area contributed by atoms with E-state index in [0.717, 1.165) is 12.1 Å². The van der Waals surface area contributed by atoms with Gasteiger partial charge in [0.2, 0.25) is 5.75 Å². The number of nitro benzene ring substituents is 1. The summed E-state index contributed by atoms with van der Waals surface area (Å²) in [7, 11) is 0. The van der Waals surface area contributed by atoms with Gasteiger partial charge in [0.15, 0.2) is 11.6 Å². The molecule has 1 N–H and O–H groups in total. The summed E-state index contributed by atoms with van der Waals surface area (Å²) in [6.45, 7) is 2.29. The van der Waals surface area contributed by atoms with E-state index in [4.69, 9.17) is 4.74 Å². The lowest BCUT2D eigenvalue weighted by molar-refractivity contribution is -0.384. The maximum absolute atomic E-state index is 13.1. The van der Waals surface area contributed by atoms with E-state index in [0.29, 0.717) is 12.2 Å². The number of para-hydroxylation sites is 1. The molecule has 2 rings (SSSR count). The minimum atomic E-state index is -1.09. The summed E-state index contributed by atoms with van der Waals surface area (Å²) >= 11 is 0. The highest BCUT2D eigenvalue weighted by molar-refractivity contribution is 5.68. The predicted octanol–water partition coefficient (Wildman–Crippen LogP) is 4.10. The number of rotatable bonds is 5. The molecule has 21 heavy (non-hydrogen) atoms.